The van der Waals surface area contributed by atoms with E-state index in [1.807, 2.05) is 0 Å². The number of carbonyl (C=O) groups excluding carboxylic acids is 1. The minimum Gasteiger partial charge on any atom is -0.394 e. The van der Waals surface area contributed by atoms with Gasteiger partial charge >= 0.3 is 0 Å². The molecule has 0 aliphatic rings. The summed E-state index contributed by atoms with van der Waals surface area (Å²) in [6.45, 7) is 3.12. The summed E-state index contributed by atoms with van der Waals surface area (Å²) in [5.41, 5.74) is 2.85. The molecule has 0 bridgehead atoms. The summed E-state index contributed by atoms with van der Waals surface area (Å²) in [7, 11) is 0. The first-order chi connectivity index (χ1) is 10.7. The second-order valence-electron chi connectivity index (χ2n) is 4.88. The summed E-state index contributed by atoms with van der Waals surface area (Å²) >= 11 is 1.49. The van der Waals surface area contributed by atoms with Crippen LogP contribution in [0.4, 0.5) is 0 Å². The standard InChI is InChI=1S/C16H20N2O3S/c1-12-2-4-13(5-3-12)10-15-18-14(11-22-15)16(20)17-6-8-21-9-7-19/h2-5,11,19H,6-10H2,1H3,(H,17,20). The maximum atomic E-state index is 11.9. The Morgan fingerprint density at radius 1 is 1.32 bits per heavy atom. The second kappa shape index (κ2) is 8.63. The molecule has 0 saturated heterocycles. The summed E-state index contributed by atoms with van der Waals surface area (Å²) in [4.78, 5) is 16.3. The summed E-state index contributed by atoms with van der Waals surface area (Å²) in [5, 5.41) is 14.0. The van der Waals surface area contributed by atoms with E-state index in [0.29, 0.717) is 18.8 Å². The minimum atomic E-state index is -0.195. The lowest BCUT2D eigenvalue weighted by atomic mass is 10.1. The highest BCUT2D eigenvalue weighted by Crippen LogP contribution is 2.15. The molecule has 0 saturated carbocycles. The molecule has 2 aromatic rings. The number of amides is 1. The molecule has 0 atom stereocenters. The third kappa shape index (κ3) is 5.22. The van der Waals surface area contributed by atoms with Crippen molar-refractivity contribution in [3.05, 3.63) is 51.5 Å². The van der Waals surface area contributed by atoms with E-state index in [2.05, 4.69) is 41.5 Å². The molecule has 1 aromatic heterocycles. The summed E-state index contributed by atoms with van der Waals surface area (Å²) < 4.78 is 5.08. The predicted octanol–water partition coefficient (Wildman–Crippen LogP) is 1.78. The number of aliphatic hydroxyl groups is 1. The van der Waals surface area contributed by atoms with Gasteiger partial charge in [0, 0.05) is 18.3 Å². The third-order valence-corrected chi connectivity index (χ3v) is 3.88. The number of thiazole rings is 1. The number of rotatable bonds is 8. The zero-order chi connectivity index (χ0) is 15.8. The number of nitrogens with zero attached hydrogens (tertiary/aromatic N) is 1. The lowest BCUT2D eigenvalue weighted by Crippen LogP contribution is -2.27. The lowest BCUT2D eigenvalue weighted by Gasteiger charge is -2.03. The number of benzene rings is 1. The van der Waals surface area contributed by atoms with Crippen LogP contribution in [0.2, 0.25) is 0 Å². The van der Waals surface area contributed by atoms with Crippen molar-refractivity contribution in [3.8, 4) is 0 Å². The van der Waals surface area contributed by atoms with Crippen molar-refractivity contribution in [3.63, 3.8) is 0 Å². The first-order valence-electron chi connectivity index (χ1n) is 7.16. The fourth-order valence-corrected chi connectivity index (χ4v) is 2.68. The number of hydrogen-bond donors (Lipinski definition) is 2. The smallest absolute Gasteiger partial charge is 0.270 e. The van der Waals surface area contributed by atoms with Crippen molar-refractivity contribution in [1.29, 1.82) is 0 Å². The van der Waals surface area contributed by atoms with Gasteiger partial charge < -0.3 is 15.2 Å². The molecule has 6 heteroatoms. The average Bonchev–Trinajstić information content (AvgIpc) is 2.98. The monoisotopic (exact) mass is 320 g/mol. The number of hydrogen-bond acceptors (Lipinski definition) is 5. The van der Waals surface area contributed by atoms with Gasteiger partial charge in [-0.05, 0) is 12.5 Å². The molecule has 0 unspecified atom stereocenters. The molecule has 1 aromatic carbocycles. The summed E-state index contributed by atoms with van der Waals surface area (Å²) in [6.07, 6.45) is 0.734. The molecule has 2 N–H and O–H groups in total. The Morgan fingerprint density at radius 3 is 2.82 bits per heavy atom. The molecule has 0 fully saturated rings. The van der Waals surface area contributed by atoms with E-state index >= 15 is 0 Å². The van der Waals surface area contributed by atoms with E-state index in [1.54, 1.807) is 5.38 Å². The quantitative estimate of drug-likeness (QED) is 0.727. The van der Waals surface area contributed by atoms with Crippen LogP contribution in [0.15, 0.2) is 29.6 Å². The topological polar surface area (TPSA) is 71.5 Å². The Hall–Kier alpha value is -1.76. The number of aromatic nitrogens is 1. The maximum Gasteiger partial charge on any atom is 0.270 e. The van der Waals surface area contributed by atoms with E-state index in [1.165, 1.54) is 22.5 Å². The van der Waals surface area contributed by atoms with Crippen molar-refractivity contribution in [1.82, 2.24) is 10.3 Å². The molecular formula is C16H20N2O3S. The molecule has 1 heterocycles. The largest absolute Gasteiger partial charge is 0.394 e. The van der Waals surface area contributed by atoms with Crippen molar-refractivity contribution in [2.24, 2.45) is 0 Å². The van der Waals surface area contributed by atoms with Gasteiger partial charge in [-0.1, -0.05) is 29.8 Å². The van der Waals surface area contributed by atoms with Gasteiger partial charge in [-0.25, -0.2) is 4.98 Å². The van der Waals surface area contributed by atoms with Gasteiger partial charge in [-0.3, -0.25) is 4.79 Å². The highest BCUT2D eigenvalue weighted by molar-refractivity contribution is 7.09. The van der Waals surface area contributed by atoms with Crippen LogP contribution in [0.1, 0.15) is 26.6 Å². The first-order valence-corrected chi connectivity index (χ1v) is 8.04. The van der Waals surface area contributed by atoms with E-state index in [9.17, 15) is 4.79 Å². The third-order valence-electron chi connectivity index (χ3n) is 3.03. The lowest BCUT2D eigenvalue weighted by molar-refractivity contribution is 0.0835. The van der Waals surface area contributed by atoms with Crippen molar-refractivity contribution in [2.45, 2.75) is 13.3 Å². The molecule has 2 rings (SSSR count). The van der Waals surface area contributed by atoms with Gasteiger partial charge in [0.15, 0.2) is 0 Å². The minimum absolute atomic E-state index is 0.0115. The van der Waals surface area contributed by atoms with Crippen LogP contribution < -0.4 is 5.32 Å². The highest BCUT2D eigenvalue weighted by atomic mass is 32.1. The summed E-state index contributed by atoms with van der Waals surface area (Å²) in [5.74, 6) is -0.195. The van der Waals surface area contributed by atoms with E-state index in [-0.39, 0.29) is 19.1 Å². The van der Waals surface area contributed by atoms with Gasteiger partial charge in [0.1, 0.15) is 5.69 Å². The first kappa shape index (κ1) is 16.6. The Balaban J connectivity index is 1.82. The number of carbonyl (C=O) groups is 1. The predicted molar refractivity (Wildman–Crippen MR) is 86.3 cm³/mol. The fourth-order valence-electron chi connectivity index (χ4n) is 1.87. The fraction of sp³-hybridized carbons (Fsp3) is 0.375. The zero-order valence-electron chi connectivity index (χ0n) is 12.5. The molecule has 0 spiro atoms. The van der Waals surface area contributed by atoms with Crippen molar-refractivity contribution >= 4 is 17.2 Å². The SMILES string of the molecule is Cc1ccc(Cc2nc(C(=O)NCCOCCO)cs2)cc1. The number of aryl methyl sites for hydroxylation is 1. The van der Waals surface area contributed by atoms with Crippen molar-refractivity contribution < 1.29 is 14.6 Å². The van der Waals surface area contributed by atoms with Crippen LogP contribution in [-0.2, 0) is 11.2 Å². The second-order valence-corrected chi connectivity index (χ2v) is 5.82. The Morgan fingerprint density at radius 2 is 2.09 bits per heavy atom. The molecule has 0 radical (unpaired) electrons. The van der Waals surface area contributed by atoms with E-state index in [4.69, 9.17) is 9.84 Å². The van der Waals surface area contributed by atoms with Gasteiger partial charge in [-0.2, -0.15) is 0 Å². The highest BCUT2D eigenvalue weighted by Gasteiger charge is 2.10. The Bertz CT molecular complexity index is 596. The van der Waals surface area contributed by atoms with E-state index in [0.717, 1.165) is 11.4 Å². The number of ether oxygens (including phenoxy) is 1. The van der Waals surface area contributed by atoms with Crippen LogP contribution >= 0.6 is 11.3 Å². The molecule has 5 nitrogen and oxygen atoms in total. The molecule has 0 aliphatic heterocycles. The molecular weight excluding hydrogens is 300 g/mol. The Labute approximate surface area is 134 Å². The summed E-state index contributed by atoms with van der Waals surface area (Å²) in [6, 6.07) is 8.30. The molecule has 118 valence electrons. The van der Waals surface area contributed by atoms with Gasteiger partial charge in [-0.15, -0.1) is 11.3 Å². The van der Waals surface area contributed by atoms with Gasteiger partial charge in [0.05, 0.1) is 24.8 Å². The van der Waals surface area contributed by atoms with Crippen LogP contribution in [0.5, 0.6) is 0 Å². The maximum absolute atomic E-state index is 11.9. The average molecular weight is 320 g/mol. The van der Waals surface area contributed by atoms with E-state index < -0.39 is 0 Å². The normalized spacial score (nSPS) is 10.6. The molecule has 1 amide bonds. The zero-order valence-corrected chi connectivity index (χ0v) is 13.4. The van der Waals surface area contributed by atoms with Crippen LogP contribution in [-0.4, -0.2) is 42.4 Å². The molecule has 0 aliphatic carbocycles. The van der Waals surface area contributed by atoms with Crippen LogP contribution in [0.3, 0.4) is 0 Å². The molecule has 22 heavy (non-hydrogen) atoms. The van der Waals surface area contributed by atoms with Crippen LogP contribution in [0.25, 0.3) is 0 Å². The number of aliphatic hydroxyl groups excluding tert-OH is 1. The van der Waals surface area contributed by atoms with Gasteiger partial charge in [0.2, 0.25) is 0 Å². The number of nitrogens with one attached hydrogen (secondary N) is 1. The van der Waals surface area contributed by atoms with Crippen LogP contribution in [0, 0.1) is 6.92 Å². The van der Waals surface area contributed by atoms with Crippen molar-refractivity contribution in [2.75, 3.05) is 26.4 Å². The Kier molecular flexibility index (Phi) is 6.51. The van der Waals surface area contributed by atoms with Gasteiger partial charge in [0.25, 0.3) is 5.91 Å².